The molecule has 1 unspecified atom stereocenters. The van der Waals surface area contributed by atoms with E-state index in [4.69, 9.17) is 4.74 Å². The fourth-order valence-electron chi connectivity index (χ4n) is 0.789. The average Bonchev–Trinajstić information content (AvgIpc) is 2.14. The summed E-state index contributed by atoms with van der Waals surface area (Å²) in [7, 11) is -1.55. The monoisotopic (exact) mass is 287 g/mol. The Morgan fingerprint density at radius 1 is 1.50 bits per heavy atom. The Labute approximate surface area is 94.6 Å². The summed E-state index contributed by atoms with van der Waals surface area (Å²) >= 11 is 3.29. The van der Waals surface area contributed by atoms with Gasteiger partial charge in [-0.2, -0.15) is 0 Å². The van der Waals surface area contributed by atoms with Crippen molar-refractivity contribution in [3.05, 3.63) is 0 Å². The molecule has 14 heavy (non-hydrogen) atoms. The van der Waals surface area contributed by atoms with E-state index in [-0.39, 0.29) is 5.75 Å². The predicted octanol–water partition coefficient (Wildman–Crippen LogP) is 0.973. The number of alkyl halides is 1. The maximum Gasteiger partial charge on any atom is 0.211 e. The molecular formula is C8H18BrNO3S. The molecule has 0 aliphatic heterocycles. The van der Waals surface area contributed by atoms with Crippen molar-refractivity contribution in [2.75, 3.05) is 31.3 Å². The fourth-order valence-corrected chi connectivity index (χ4v) is 2.20. The molecule has 0 aromatic carbocycles. The van der Waals surface area contributed by atoms with E-state index in [2.05, 4.69) is 20.7 Å². The summed E-state index contributed by atoms with van der Waals surface area (Å²) in [5.74, 6) is 0.447. The smallest absolute Gasteiger partial charge is 0.211 e. The SMILES string of the molecule is COCCCS(=O)(=O)NCC(C)CBr. The van der Waals surface area contributed by atoms with Gasteiger partial charge in [-0.1, -0.05) is 22.9 Å². The van der Waals surface area contributed by atoms with Crippen LogP contribution in [0.1, 0.15) is 13.3 Å². The van der Waals surface area contributed by atoms with Crippen molar-refractivity contribution in [2.45, 2.75) is 13.3 Å². The Morgan fingerprint density at radius 2 is 2.14 bits per heavy atom. The van der Waals surface area contributed by atoms with Gasteiger partial charge in [-0.3, -0.25) is 0 Å². The summed E-state index contributed by atoms with van der Waals surface area (Å²) < 4.78 is 30.0. The second-order valence-electron chi connectivity index (χ2n) is 3.27. The van der Waals surface area contributed by atoms with Crippen molar-refractivity contribution in [1.29, 1.82) is 0 Å². The molecule has 1 atom stereocenters. The zero-order valence-corrected chi connectivity index (χ0v) is 11.0. The molecule has 1 N–H and O–H groups in total. The van der Waals surface area contributed by atoms with Gasteiger partial charge in [0, 0.05) is 25.6 Å². The van der Waals surface area contributed by atoms with E-state index < -0.39 is 10.0 Å². The predicted molar refractivity (Wildman–Crippen MR) is 61.2 cm³/mol. The van der Waals surface area contributed by atoms with E-state index in [0.29, 0.717) is 25.5 Å². The zero-order valence-electron chi connectivity index (χ0n) is 8.62. The minimum Gasteiger partial charge on any atom is -0.385 e. The normalized spacial score (nSPS) is 14.2. The molecule has 0 aliphatic carbocycles. The molecule has 4 nitrogen and oxygen atoms in total. The molecule has 0 fully saturated rings. The van der Waals surface area contributed by atoms with E-state index in [9.17, 15) is 8.42 Å². The molecule has 0 aromatic heterocycles. The standard InChI is InChI=1S/C8H18BrNO3S/c1-8(6-9)7-10-14(11,12)5-3-4-13-2/h8,10H,3-7H2,1-2H3. The molecule has 0 spiro atoms. The van der Waals surface area contributed by atoms with E-state index in [0.717, 1.165) is 5.33 Å². The molecule has 0 radical (unpaired) electrons. The third-order valence-electron chi connectivity index (χ3n) is 1.68. The van der Waals surface area contributed by atoms with Crippen molar-refractivity contribution < 1.29 is 13.2 Å². The van der Waals surface area contributed by atoms with Gasteiger partial charge in [0.2, 0.25) is 10.0 Å². The topological polar surface area (TPSA) is 55.4 Å². The van der Waals surface area contributed by atoms with Crippen molar-refractivity contribution in [3.8, 4) is 0 Å². The summed E-state index contributed by atoms with van der Waals surface area (Å²) in [6.45, 7) is 2.95. The number of hydrogen-bond donors (Lipinski definition) is 1. The number of nitrogens with one attached hydrogen (secondary N) is 1. The Bertz CT molecular complexity index is 231. The van der Waals surface area contributed by atoms with E-state index in [1.165, 1.54) is 0 Å². The molecule has 0 amide bonds. The third kappa shape index (κ3) is 7.73. The molecule has 6 heteroatoms. The number of rotatable bonds is 8. The van der Waals surface area contributed by atoms with Crippen LogP contribution < -0.4 is 4.72 Å². The van der Waals surface area contributed by atoms with Crippen LogP contribution in [-0.4, -0.2) is 39.8 Å². The van der Waals surface area contributed by atoms with Crippen LogP contribution in [0.2, 0.25) is 0 Å². The Kier molecular flexibility index (Phi) is 7.81. The first-order valence-electron chi connectivity index (χ1n) is 4.54. The van der Waals surface area contributed by atoms with Crippen molar-refractivity contribution in [3.63, 3.8) is 0 Å². The van der Waals surface area contributed by atoms with Gasteiger partial charge >= 0.3 is 0 Å². The Balaban J connectivity index is 3.73. The zero-order chi connectivity index (χ0) is 11.0. The van der Waals surface area contributed by atoms with Crippen LogP contribution in [-0.2, 0) is 14.8 Å². The van der Waals surface area contributed by atoms with Gasteiger partial charge in [0.25, 0.3) is 0 Å². The second kappa shape index (κ2) is 7.62. The van der Waals surface area contributed by atoms with Gasteiger partial charge in [0.1, 0.15) is 0 Å². The van der Waals surface area contributed by atoms with Crippen LogP contribution in [0.25, 0.3) is 0 Å². The highest BCUT2D eigenvalue weighted by molar-refractivity contribution is 9.09. The lowest BCUT2D eigenvalue weighted by atomic mass is 10.2. The van der Waals surface area contributed by atoms with Crippen LogP contribution in [0.15, 0.2) is 0 Å². The highest BCUT2D eigenvalue weighted by atomic mass is 79.9. The first kappa shape index (κ1) is 14.3. The first-order chi connectivity index (χ1) is 6.52. The molecule has 0 saturated heterocycles. The largest absolute Gasteiger partial charge is 0.385 e. The molecule has 0 bridgehead atoms. The number of methoxy groups -OCH3 is 1. The minimum absolute atomic E-state index is 0.135. The van der Waals surface area contributed by atoms with Crippen LogP contribution in [0.3, 0.4) is 0 Å². The van der Waals surface area contributed by atoms with Crippen molar-refractivity contribution in [2.24, 2.45) is 5.92 Å². The number of hydrogen-bond acceptors (Lipinski definition) is 3. The quantitative estimate of drug-likeness (QED) is 0.535. The van der Waals surface area contributed by atoms with Gasteiger partial charge in [-0.15, -0.1) is 0 Å². The van der Waals surface area contributed by atoms with Crippen molar-refractivity contribution >= 4 is 26.0 Å². The number of sulfonamides is 1. The summed E-state index contributed by atoms with van der Waals surface area (Å²) in [5, 5.41) is 0.799. The molecule has 0 saturated carbocycles. The summed E-state index contributed by atoms with van der Waals surface area (Å²) in [6.07, 6.45) is 0.536. The van der Waals surface area contributed by atoms with Crippen LogP contribution >= 0.6 is 15.9 Å². The summed E-state index contributed by atoms with van der Waals surface area (Å²) in [5.41, 5.74) is 0. The van der Waals surface area contributed by atoms with E-state index >= 15 is 0 Å². The van der Waals surface area contributed by atoms with Gasteiger partial charge in [-0.05, 0) is 12.3 Å². The lowest BCUT2D eigenvalue weighted by molar-refractivity contribution is 0.199. The second-order valence-corrected chi connectivity index (χ2v) is 5.85. The lowest BCUT2D eigenvalue weighted by Crippen LogP contribution is -2.31. The molecule has 86 valence electrons. The third-order valence-corrected chi connectivity index (χ3v) is 4.21. The fraction of sp³-hybridized carbons (Fsp3) is 1.00. The minimum atomic E-state index is -3.11. The maximum atomic E-state index is 11.3. The molecular weight excluding hydrogens is 270 g/mol. The summed E-state index contributed by atoms with van der Waals surface area (Å²) in [6, 6.07) is 0. The lowest BCUT2D eigenvalue weighted by Gasteiger charge is -2.09. The highest BCUT2D eigenvalue weighted by Crippen LogP contribution is 1.99. The number of halogens is 1. The summed E-state index contributed by atoms with van der Waals surface area (Å²) in [4.78, 5) is 0. The Morgan fingerprint density at radius 3 is 2.64 bits per heavy atom. The number of ether oxygens (including phenoxy) is 1. The molecule has 0 heterocycles. The highest BCUT2D eigenvalue weighted by Gasteiger charge is 2.10. The van der Waals surface area contributed by atoms with E-state index in [1.54, 1.807) is 7.11 Å². The van der Waals surface area contributed by atoms with Crippen molar-refractivity contribution in [1.82, 2.24) is 4.72 Å². The maximum absolute atomic E-state index is 11.3. The average molecular weight is 288 g/mol. The van der Waals surface area contributed by atoms with Gasteiger partial charge in [0.05, 0.1) is 5.75 Å². The molecule has 0 rings (SSSR count). The molecule has 0 aliphatic rings. The van der Waals surface area contributed by atoms with Crippen LogP contribution in [0.4, 0.5) is 0 Å². The Hall–Kier alpha value is 0.350. The van der Waals surface area contributed by atoms with E-state index in [1.807, 2.05) is 6.92 Å². The van der Waals surface area contributed by atoms with Crippen LogP contribution in [0.5, 0.6) is 0 Å². The van der Waals surface area contributed by atoms with Gasteiger partial charge in [0.15, 0.2) is 0 Å². The van der Waals surface area contributed by atoms with Gasteiger partial charge in [-0.25, -0.2) is 13.1 Å². The van der Waals surface area contributed by atoms with Crippen LogP contribution in [0, 0.1) is 5.92 Å². The van der Waals surface area contributed by atoms with Gasteiger partial charge < -0.3 is 4.74 Å². The first-order valence-corrected chi connectivity index (χ1v) is 7.31. The molecule has 0 aromatic rings.